The minimum absolute atomic E-state index is 0.0762. The number of nitrogens with one attached hydrogen (secondary N) is 1. The first kappa shape index (κ1) is 23.4. The van der Waals surface area contributed by atoms with E-state index in [0.29, 0.717) is 24.5 Å². The Morgan fingerprint density at radius 2 is 1.67 bits per heavy atom. The molecule has 0 spiro atoms. The fourth-order valence-corrected chi connectivity index (χ4v) is 2.79. The first-order valence-corrected chi connectivity index (χ1v) is 9.99. The van der Waals surface area contributed by atoms with Crippen molar-refractivity contribution < 1.29 is 23.8 Å². The van der Waals surface area contributed by atoms with Crippen LogP contribution in [0.15, 0.2) is 48.5 Å². The number of ether oxygens (including phenoxy) is 3. The molecule has 0 aliphatic carbocycles. The van der Waals surface area contributed by atoms with E-state index in [1.165, 1.54) is 13.8 Å². The zero-order valence-electron chi connectivity index (χ0n) is 18.4. The summed E-state index contributed by atoms with van der Waals surface area (Å²) in [5, 5.41) is 3.36. The van der Waals surface area contributed by atoms with Crippen molar-refractivity contribution >= 4 is 11.9 Å². The van der Waals surface area contributed by atoms with Crippen LogP contribution in [-0.2, 0) is 32.3 Å². The van der Waals surface area contributed by atoms with Gasteiger partial charge in [0.2, 0.25) is 0 Å². The van der Waals surface area contributed by atoms with Gasteiger partial charge >= 0.3 is 11.9 Å². The highest BCUT2D eigenvalue weighted by molar-refractivity contribution is 5.66. The molecule has 2 rings (SSSR count). The van der Waals surface area contributed by atoms with Gasteiger partial charge in [0.05, 0.1) is 0 Å². The molecule has 0 unspecified atom stereocenters. The van der Waals surface area contributed by atoms with E-state index in [0.717, 1.165) is 11.1 Å². The molecular weight excluding hydrogens is 382 g/mol. The largest absolute Gasteiger partial charge is 0.488 e. The molecule has 0 aromatic heterocycles. The highest BCUT2D eigenvalue weighted by Gasteiger charge is 2.20. The summed E-state index contributed by atoms with van der Waals surface area (Å²) in [5.41, 5.74) is 2.42. The second-order valence-electron chi connectivity index (χ2n) is 8.15. The van der Waals surface area contributed by atoms with Gasteiger partial charge in [-0.25, -0.2) is 0 Å². The van der Waals surface area contributed by atoms with E-state index >= 15 is 0 Å². The zero-order valence-corrected chi connectivity index (χ0v) is 18.4. The van der Waals surface area contributed by atoms with Crippen molar-refractivity contribution in [3.05, 3.63) is 65.2 Å². The molecule has 30 heavy (non-hydrogen) atoms. The Labute approximate surface area is 178 Å². The fourth-order valence-electron chi connectivity index (χ4n) is 2.79. The van der Waals surface area contributed by atoms with Crippen LogP contribution in [0.3, 0.4) is 0 Å². The molecule has 0 amide bonds. The monoisotopic (exact) mass is 413 g/mol. The fraction of sp³-hybridized carbons (Fsp3) is 0.417. The Kier molecular flexibility index (Phi) is 8.42. The minimum Gasteiger partial charge on any atom is -0.488 e. The normalized spacial score (nSPS) is 12.2. The summed E-state index contributed by atoms with van der Waals surface area (Å²) in [4.78, 5) is 23.0. The molecule has 1 atom stereocenters. The van der Waals surface area contributed by atoms with Crippen LogP contribution >= 0.6 is 0 Å². The third-order valence-electron chi connectivity index (χ3n) is 4.25. The third-order valence-corrected chi connectivity index (χ3v) is 4.25. The van der Waals surface area contributed by atoms with Gasteiger partial charge in [-0.15, -0.1) is 0 Å². The van der Waals surface area contributed by atoms with Gasteiger partial charge in [-0.2, -0.15) is 0 Å². The van der Waals surface area contributed by atoms with E-state index in [1.54, 1.807) is 0 Å². The van der Waals surface area contributed by atoms with Crippen molar-refractivity contribution in [2.75, 3.05) is 6.54 Å². The second-order valence-corrected chi connectivity index (χ2v) is 8.15. The van der Waals surface area contributed by atoms with Gasteiger partial charge in [0.15, 0.2) is 0 Å². The molecule has 6 nitrogen and oxygen atoms in total. The number of carbonyl (C=O) groups is 2. The lowest BCUT2D eigenvalue weighted by molar-refractivity contribution is -0.146. The Bertz CT molecular complexity index is 842. The summed E-state index contributed by atoms with van der Waals surface area (Å²) in [6.07, 6.45) is -0.471. The van der Waals surface area contributed by atoms with Crippen molar-refractivity contribution in [1.29, 1.82) is 0 Å². The Balaban J connectivity index is 2.26. The standard InChI is InChI=1S/C24H31NO5/c1-17(26)28-16-21-13-20(23(30-18(2)27)14-25-24(3,4)5)11-12-22(21)29-15-19-9-7-6-8-10-19/h6-13,23,25H,14-16H2,1-5H3/t23-/m0/s1. The predicted molar refractivity (Wildman–Crippen MR) is 115 cm³/mol. The highest BCUT2D eigenvalue weighted by atomic mass is 16.5. The zero-order chi connectivity index (χ0) is 22.1. The molecule has 0 aliphatic rings. The number of esters is 2. The first-order valence-electron chi connectivity index (χ1n) is 9.99. The predicted octanol–water partition coefficient (Wildman–Crippen LogP) is 4.32. The molecule has 0 saturated carbocycles. The van der Waals surface area contributed by atoms with Crippen LogP contribution in [0.2, 0.25) is 0 Å². The van der Waals surface area contributed by atoms with Crippen molar-refractivity contribution in [1.82, 2.24) is 5.32 Å². The number of carbonyl (C=O) groups excluding carboxylic acids is 2. The molecule has 0 aliphatic heterocycles. The third kappa shape index (κ3) is 8.25. The summed E-state index contributed by atoms with van der Waals surface area (Å²) in [6.45, 7) is 9.82. The van der Waals surface area contributed by atoms with Gasteiger partial charge in [0.25, 0.3) is 0 Å². The van der Waals surface area contributed by atoms with Gasteiger partial charge in [-0.3, -0.25) is 9.59 Å². The SMILES string of the molecule is CC(=O)OCc1cc([C@H](CNC(C)(C)C)OC(C)=O)ccc1OCc1ccccc1. The van der Waals surface area contributed by atoms with Gasteiger partial charge < -0.3 is 19.5 Å². The van der Waals surface area contributed by atoms with E-state index in [1.807, 2.05) is 69.3 Å². The summed E-state index contributed by atoms with van der Waals surface area (Å²) < 4.78 is 16.7. The number of rotatable bonds is 9. The van der Waals surface area contributed by atoms with Crippen molar-refractivity contribution in [3.8, 4) is 5.75 Å². The van der Waals surface area contributed by atoms with Crippen LogP contribution in [-0.4, -0.2) is 24.0 Å². The molecule has 1 N–H and O–H groups in total. The summed E-state index contributed by atoms with van der Waals surface area (Å²) in [6, 6.07) is 15.4. The summed E-state index contributed by atoms with van der Waals surface area (Å²) in [5.74, 6) is -0.115. The first-order chi connectivity index (χ1) is 14.1. The molecule has 162 valence electrons. The van der Waals surface area contributed by atoms with Crippen molar-refractivity contribution in [2.24, 2.45) is 0 Å². The molecule has 0 saturated heterocycles. The van der Waals surface area contributed by atoms with Crippen LogP contribution < -0.4 is 10.1 Å². The van der Waals surface area contributed by atoms with Gasteiger partial charge in [-0.1, -0.05) is 36.4 Å². The second kappa shape index (κ2) is 10.8. The lowest BCUT2D eigenvalue weighted by atomic mass is 10.0. The quantitative estimate of drug-likeness (QED) is 0.617. The maximum absolute atomic E-state index is 11.6. The van der Waals surface area contributed by atoms with Crippen LogP contribution in [0.25, 0.3) is 0 Å². The molecule has 6 heteroatoms. The maximum atomic E-state index is 11.6. The average molecular weight is 414 g/mol. The number of hydrogen-bond acceptors (Lipinski definition) is 6. The molecular formula is C24H31NO5. The van der Waals surface area contributed by atoms with E-state index in [4.69, 9.17) is 14.2 Å². The smallest absolute Gasteiger partial charge is 0.303 e. The van der Waals surface area contributed by atoms with Gasteiger partial charge in [-0.05, 0) is 44.0 Å². The van der Waals surface area contributed by atoms with E-state index < -0.39 is 6.10 Å². The Morgan fingerprint density at radius 1 is 0.967 bits per heavy atom. The van der Waals surface area contributed by atoms with Gasteiger partial charge in [0.1, 0.15) is 25.1 Å². The topological polar surface area (TPSA) is 73.9 Å². The minimum atomic E-state index is -0.471. The Morgan fingerprint density at radius 3 is 2.27 bits per heavy atom. The number of hydrogen-bond donors (Lipinski definition) is 1. The van der Waals surface area contributed by atoms with Crippen LogP contribution in [0, 0.1) is 0 Å². The highest BCUT2D eigenvalue weighted by Crippen LogP contribution is 2.27. The number of benzene rings is 2. The summed E-state index contributed by atoms with van der Waals surface area (Å²) in [7, 11) is 0. The molecule has 2 aromatic rings. The van der Waals surface area contributed by atoms with Crippen LogP contribution in [0.4, 0.5) is 0 Å². The van der Waals surface area contributed by atoms with Crippen LogP contribution in [0.5, 0.6) is 5.75 Å². The average Bonchev–Trinajstić information content (AvgIpc) is 2.68. The van der Waals surface area contributed by atoms with Crippen molar-refractivity contribution in [2.45, 2.75) is 59.5 Å². The van der Waals surface area contributed by atoms with Crippen molar-refractivity contribution in [3.63, 3.8) is 0 Å². The maximum Gasteiger partial charge on any atom is 0.303 e. The van der Waals surface area contributed by atoms with Gasteiger partial charge in [0, 0.05) is 31.5 Å². The molecule has 0 heterocycles. The van der Waals surface area contributed by atoms with E-state index in [9.17, 15) is 9.59 Å². The molecule has 0 radical (unpaired) electrons. The molecule has 0 fully saturated rings. The Hall–Kier alpha value is -2.86. The van der Waals surface area contributed by atoms with Crippen LogP contribution in [0.1, 0.15) is 57.4 Å². The van der Waals surface area contributed by atoms with E-state index in [2.05, 4.69) is 5.32 Å². The lowest BCUT2D eigenvalue weighted by Gasteiger charge is -2.26. The lowest BCUT2D eigenvalue weighted by Crippen LogP contribution is -2.39. The van der Waals surface area contributed by atoms with E-state index in [-0.39, 0.29) is 24.1 Å². The molecule has 2 aromatic carbocycles. The molecule has 0 bridgehead atoms. The summed E-state index contributed by atoms with van der Waals surface area (Å²) >= 11 is 0.